The van der Waals surface area contributed by atoms with E-state index in [0.29, 0.717) is 51.7 Å². The Hall–Kier alpha value is -2.73. The van der Waals surface area contributed by atoms with Gasteiger partial charge in [-0.25, -0.2) is 4.79 Å². The molecule has 8 atom stereocenters. The van der Waals surface area contributed by atoms with Gasteiger partial charge in [-0.15, -0.1) is 0 Å². The molecule has 4 aliphatic rings. The molecule has 0 unspecified atom stereocenters. The molecular formula is C33H50N2O9. The minimum absolute atomic E-state index is 0.0217. The van der Waals surface area contributed by atoms with Gasteiger partial charge in [-0.1, -0.05) is 50.6 Å². The van der Waals surface area contributed by atoms with E-state index in [1.807, 2.05) is 45.9 Å². The fraction of sp³-hybridized carbons (Fsp3) is 0.727. The van der Waals surface area contributed by atoms with Gasteiger partial charge in [-0.3, -0.25) is 9.59 Å². The van der Waals surface area contributed by atoms with Crippen molar-refractivity contribution in [2.24, 2.45) is 11.8 Å². The number of allylic oxidation sites excluding steroid dienone is 3. The van der Waals surface area contributed by atoms with Crippen LogP contribution < -0.4 is 5.32 Å². The molecule has 4 rings (SSSR count). The van der Waals surface area contributed by atoms with Gasteiger partial charge in [-0.05, 0) is 44.6 Å². The van der Waals surface area contributed by atoms with E-state index in [1.54, 1.807) is 11.0 Å². The highest BCUT2D eigenvalue weighted by Gasteiger charge is 2.61. The molecule has 0 saturated carbocycles. The molecule has 0 aromatic carbocycles. The molecule has 44 heavy (non-hydrogen) atoms. The first kappa shape index (κ1) is 34.1. The maximum atomic E-state index is 13.0. The van der Waals surface area contributed by atoms with E-state index in [4.69, 9.17) is 28.4 Å². The third-order valence-corrected chi connectivity index (χ3v) is 8.77. The standard InChI is InChI=1S/C33H50N2O9/c1-21(2)7-12-29(36)34-26-17-23(4)27(42-24(26)5)10-8-22(3)9-11-28-31(44-32(38)35-13-15-40-16-14-35)33(20-41-33)19-25(43-28)18-30(37)39-6/h7-9,11-12,21,23-28,31H,10,13-20H2,1-6H3,(H,34,36)/b11-9+,12-7-,22-8+/t23-,24+,25+,26+,27-,28+,31+,33+/m0/s1. The molecule has 2 amide bonds. The number of esters is 1. The first-order valence-corrected chi connectivity index (χ1v) is 15.9. The molecule has 4 fully saturated rings. The average molecular weight is 619 g/mol. The van der Waals surface area contributed by atoms with Gasteiger partial charge in [0.1, 0.15) is 11.7 Å². The molecule has 4 saturated heterocycles. The van der Waals surface area contributed by atoms with Gasteiger partial charge >= 0.3 is 12.1 Å². The van der Waals surface area contributed by atoms with Crippen molar-refractivity contribution in [3.63, 3.8) is 0 Å². The molecule has 4 heterocycles. The summed E-state index contributed by atoms with van der Waals surface area (Å²) in [6.45, 7) is 12.5. The van der Waals surface area contributed by atoms with Crippen LogP contribution in [-0.2, 0) is 38.0 Å². The topological polar surface area (TPSA) is 125 Å². The lowest BCUT2D eigenvalue weighted by molar-refractivity contribution is -0.159. The molecule has 1 spiro atoms. The summed E-state index contributed by atoms with van der Waals surface area (Å²) in [5.41, 5.74) is 0.314. The summed E-state index contributed by atoms with van der Waals surface area (Å²) < 4.78 is 34.8. The van der Waals surface area contributed by atoms with E-state index < -0.39 is 30.0 Å². The lowest BCUT2D eigenvalue weighted by Crippen LogP contribution is -2.54. The largest absolute Gasteiger partial charge is 0.469 e. The maximum Gasteiger partial charge on any atom is 0.410 e. The van der Waals surface area contributed by atoms with Crippen LogP contribution in [0.1, 0.15) is 60.3 Å². The van der Waals surface area contributed by atoms with E-state index in [-0.39, 0.29) is 42.5 Å². The number of epoxide rings is 1. The van der Waals surface area contributed by atoms with Crippen LogP contribution in [0.5, 0.6) is 0 Å². The molecule has 0 aliphatic carbocycles. The van der Waals surface area contributed by atoms with Crippen molar-refractivity contribution < 1.29 is 42.8 Å². The van der Waals surface area contributed by atoms with Crippen LogP contribution in [0.25, 0.3) is 0 Å². The predicted octanol–water partition coefficient (Wildman–Crippen LogP) is 3.72. The van der Waals surface area contributed by atoms with Gasteiger partial charge in [0.05, 0.1) is 57.7 Å². The Morgan fingerprint density at radius 3 is 2.50 bits per heavy atom. The Labute approximate surface area is 261 Å². The summed E-state index contributed by atoms with van der Waals surface area (Å²) in [7, 11) is 1.35. The lowest BCUT2D eigenvalue weighted by atomic mass is 9.87. The highest BCUT2D eigenvalue weighted by atomic mass is 16.7. The zero-order chi connectivity index (χ0) is 31.9. The molecule has 0 aromatic rings. The van der Waals surface area contributed by atoms with Gasteiger partial charge in [0.2, 0.25) is 5.91 Å². The third-order valence-electron chi connectivity index (χ3n) is 8.77. The van der Waals surface area contributed by atoms with Crippen molar-refractivity contribution in [1.29, 1.82) is 0 Å². The number of nitrogens with one attached hydrogen (secondary N) is 1. The Bertz CT molecular complexity index is 1090. The van der Waals surface area contributed by atoms with Crippen molar-refractivity contribution in [3.8, 4) is 0 Å². The summed E-state index contributed by atoms with van der Waals surface area (Å²) in [4.78, 5) is 39.0. The van der Waals surface area contributed by atoms with Crippen molar-refractivity contribution >= 4 is 18.0 Å². The monoisotopic (exact) mass is 618 g/mol. The normalized spacial score (nSPS) is 34.5. The van der Waals surface area contributed by atoms with Crippen LogP contribution >= 0.6 is 0 Å². The number of carbonyl (C=O) groups excluding carboxylic acids is 3. The summed E-state index contributed by atoms with van der Waals surface area (Å²) in [6, 6.07) is -0.0361. The van der Waals surface area contributed by atoms with Crippen LogP contribution in [0.4, 0.5) is 4.79 Å². The van der Waals surface area contributed by atoms with E-state index in [0.717, 1.165) is 12.0 Å². The number of hydrogen-bond donors (Lipinski definition) is 1. The van der Waals surface area contributed by atoms with Gasteiger partial charge < -0.3 is 38.6 Å². The Kier molecular flexibility index (Phi) is 12.0. The SMILES string of the molecule is COC(=O)C[C@@H]1C[C@@]2(CO2)[C@H](OC(=O)N2CCOCC2)[C@@H](/C=C/C(C)=C/C[C@@H]2O[C@H](C)[C@H](NC(=O)/C=C\C(C)C)C[C@@H]2C)O1. The van der Waals surface area contributed by atoms with Crippen LogP contribution in [0.3, 0.4) is 0 Å². The molecule has 0 radical (unpaired) electrons. The number of hydrogen-bond acceptors (Lipinski definition) is 9. The van der Waals surface area contributed by atoms with Crippen molar-refractivity contribution in [2.45, 2.75) is 102 Å². The number of methoxy groups -OCH3 is 1. The number of nitrogens with zero attached hydrogens (tertiary/aromatic N) is 1. The number of amides is 2. The van der Waals surface area contributed by atoms with Gasteiger partial charge in [0.25, 0.3) is 0 Å². The van der Waals surface area contributed by atoms with Crippen molar-refractivity contribution in [1.82, 2.24) is 10.2 Å². The first-order valence-electron chi connectivity index (χ1n) is 15.9. The molecule has 11 nitrogen and oxygen atoms in total. The highest BCUT2D eigenvalue weighted by molar-refractivity contribution is 5.87. The first-order chi connectivity index (χ1) is 21.0. The summed E-state index contributed by atoms with van der Waals surface area (Å²) in [6.07, 6.45) is 9.38. The highest BCUT2D eigenvalue weighted by Crippen LogP contribution is 2.45. The van der Waals surface area contributed by atoms with E-state index >= 15 is 0 Å². The smallest absolute Gasteiger partial charge is 0.410 e. The van der Waals surface area contributed by atoms with Gasteiger partial charge in [-0.2, -0.15) is 0 Å². The number of carbonyl (C=O) groups is 3. The molecule has 246 valence electrons. The quantitative estimate of drug-likeness (QED) is 0.169. The summed E-state index contributed by atoms with van der Waals surface area (Å²) in [5, 5.41) is 3.09. The summed E-state index contributed by atoms with van der Waals surface area (Å²) >= 11 is 0. The van der Waals surface area contributed by atoms with Crippen molar-refractivity contribution in [3.05, 3.63) is 36.0 Å². The van der Waals surface area contributed by atoms with E-state index in [9.17, 15) is 14.4 Å². The fourth-order valence-electron chi connectivity index (χ4n) is 6.00. The third kappa shape index (κ3) is 9.39. The van der Waals surface area contributed by atoms with Crippen LogP contribution in [-0.4, -0.2) is 105 Å². The van der Waals surface area contributed by atoms with Gasteiger partial charge in [0, 0.05) is 19.5 Å². The summed E-state index contributed by atoms with van der Waals surface area (Å²) in [5.74, 6) is 0.128. The zero-order valence-corrected chi connectivity index (χ0v) is 27.0. The second-order valence-electron chi connectivity index (χ2n) is 12.8. The Morgan fingerprint density at radius 1 is 1.11 bits per heavy atom. The van der Waals surface area contributed by atoms with Crippen LogP contribution in [0, 0.1) is 11.8 Å². The van der Waals surface area contributed by atoms with E-state index in [1.165, 1.54) is 7.11 Å². The molecule has 11 heteroatoms. The minimum Gasteiger partial charge on any atom is -0.469 e. The molecule has 1 N–H and O–H groups in total. The molecule has 4 aliphatic heterocycles. The second-order valence-corrected chi connectivity index (χ2v) is 12.8. The van der Waals surface area contributed by atoms with Crippen molar-refractivity contribution in [2.75, 3.05) is 40.0 Å². The number of rotatable bonds is 10. The predicted molar refractivity (Wildman–Crippen MR) is 163 cm³/mol. The van der Waals surface area contributed by atoms with E-state index in [2.05, 4.69) is 18.3 Å². The zero-order valence-electron chi connectivity index (χ0n) is 27.0. The molecule has 0 aromatic heterocycles. The minimum atomic E-state index is -0.691. The van der Waals surface area contributed by atoms with Gasteiger partial charge in [0.15, 0.2) is 6.10 Å². The fourth-order valence-corrected chi connectivity index (χ4v) is 6.00. The Morgan fingerprint density at radius 2 is 1.84 bits per heavy atom. The Balaban J connectivity index is 1.38. The van der Waals surface area contributed by atoms with Crippen LogP contribution in [0.2, 0.25) is 0 Å². The average Bonchev–Trinajstić information content (AvgIpc) is 3.77. The lowest BCUT2D eigenvalue weighted by Gasteiger charge is -2.40. The second kappa shape index (κ2) is 15.5. The van der Waals surface area contributed by atoms with Crippen LogP contribution in [0.15, 0.2) is 36.0 Å². The molecular weight excluding hydrogens is 568 g/mol. The molecule has 0 bridgehead atoms. The number of morpholine rings is 1. The number of ether oxygens (including phenoxy) is 6. The maximum absolute atomic E-state index is 13.0.